The van der Waals surface area contributed by atoms with Gasteiger partial charge in [-0.2, -0.15) is 0 Å². The van der Waals surface area contributed by atoms with E-state index in [2.05, 4.69) is 20.3 Å². The third-order valence-corrected chi connectivity index (χ3v) is 0.542. The van der Waals surface area contributed by atoms with Crippen LogP contribution in [0.25, 0.3) is 0 Å². The maximum Gasteiger partial charge on any atom is 0.113 e. The summed E-state index contributed by atoms with van der Waals surface area (Å²) in [5.74, 6) is 0. The average molecular weight is 124 g/mol. The lowest BCUT2D eigenvalue weighted by Gasteiger charge is -1.94. The molecule has 0 aromatic rings. The Labute approximate surface area is 42.0 Å². The first kappa shape index (κ1) is 6.27. The molecule has 0 saturated heterocycles. The van der Waals surface area contributed by atoms with Gasteiger partial charge in [0.2, 0.25) is 0 Å². The maximum atomic E-state index is 4.22. The van der Waals surface area contributed by atoms with Crippen molar-refractivity contribution in [3.05, 3.63) is 0 Å². The average Bonchev–Trinajstić information content (AvgIpc) is 1.61. The van der Waals surface area contributed by atoms with Gasteiger partial charge in [-0.1, -0.05) is 0 Å². The van der Waals surface area contributed by atoms with E-state index in [0.29, 0.717) is 0 Å². The standard InChI is InChI=1S/H8N2O2Si2/c5-1-3-4-2-6/h1-2H,5-6H3. The summed E-state index contributed by atoms with van der Waals surface area (Å²) in [4.78, 5) is 8.44. The van der Waals surface area contributed by atoms with E-state index in [1.807, 2.05) is 0 Å². The molecule has 0 amide bonds. The Balaban J connectivity index is 2.34. The van der Waals surface area contributed by atoms with E-state index in [4.69, 9.17) is 0 Å². The highest BCUT2D eigenvalue weighted by Crippen LogP contribution is 1.52. The maximum absolute atomic E-state index is 4.22. The largest absolute Gasteiger partial charge is 0.204 e. The first-order chi connectivity index (χ1) is 2.91. The third kappa shape index (κ3) is 4.27. The van der Waals surface area contributed by atoms with Crippen molar-refractivity contribution in [3.8, 4) is 0 Å². The molecule has 2 N–H and O–H groups in total. The lowest BCUT2D eigenvalue weighted by Crippen LogP contribution is -2.17. The molecule has 0 heterocycles. The van der Waals surface area contributed by atoms with Gasteiger partial charge in [0.05, 0.1) is 0 Å². The Bertz CT molecular complexity index is 21.5. The molecular formula is H8N2O2Si2. The van der Waals surface area contributed by atoms with Gasteiger partial charge < -0.3 is 0 Å². The molecular weight excluding hydrogens is 116 g/mol. The molecule has 4 nitrogen and oxygen atoms in total. The second-order valence-electron chi connectivity index (χ2n) is 0.575. The molecule has 38 valence electrons. The van der Waals surface area contributed by atoms with Gasteiger partial charge in [0.1, 0.15) is 20.8 Å². The summed E-state index contributed by atoms with van der Waals surface area (Å²) >= 11 is 0. The fourth-order valence-corrected chi connectivity index (χ4v) is 0.250. The lowest BCUT2D eigenvalue weighted by atomic mass is 13.3. The number of hydrogen-bond donors (Lipinski definition) is 2. The fourth-order valence-electron chi connectivity index (χ4n) is 0.0833. The molecule has 0 fully saturated rings. The molecule has 6 heavy (non-hydrogen) atoms. The Kier molecular flexibility index (Phi) is 5.51. The van der Waals surface area contributed by atoms with Crippen molar-refractivity contribution in [1.29, 1.82) is 0 Å². The predicted octanol–water partition coefficient (Wildman–Crippen LogP) is -3.50. The molecule has 0 aromatic heterocycles. The molecule has 6 heteroatoms. The minimum atomic E-state index is 0.781. The van der Waals surface area contributed by atoms with E-state index in [0.717, 1.165) is 20.8 Å². The smallest absolute Gasteiger partial charge is 0.113 e. The minimum Gasteiger partial charge on any atom is -0.204 e. The molecule has 0 aliphatic carbocycles. The van der Waals surface area contributed by atoms with Crippen LogP contribution in [0.15, 0.2) is 0 Å². The molecule has 0 unspecified atom stereocenters. The highest BCUT2D eigenvalue weighted by molar-refractivity contribution is 6.03. The van der Waals surface area contributed by atoms with Crippen molar-refractivity contribution in [3.63, 3.8) is 0 Å². The van der Waals surface area contributed by atoms with Crippen LogP contribution in [-0.4, -0.2) is 20.8 Å². The first-order valence-electron chi connectivity index (χ1n) is 1.57. The van der Waals surface area contributed by atoms with Crippen molar-refractivity contribution in [2.24, 2.45) is 0 Å². The molecule has 0 bridgehead atoms. The summed E-state index contributed by atoms with van der Waals surface area (Å²) in [5.41, 5.74) is 0. The van der Waals surface area contributed by atoms with Crippen LogP contribution < -0.4 is 10.3 Å². The van der Waals surface area contributed by atoms with Gasteiger partial charge in [-0.25, -0.2) is 10.3 Å². The summed E-state index contributed by atoms with van der Waals surface area (Å²) in [5, 5.41) is 4.89. The quantitative estimate of drug-likeness (QED) is 0.177. The van der Waals surface area contributed by atoms with E-state index < -0.39 is 0 Å². The van der Waals surface area contributed by atoms with Crippen LogP contribution in [0.2, 0.25) is 0 Å². The van der Waals surface area contributed by atoms with Gasteiger partial charge in [-0.3, -0.25) is 0 Å². The van der Waals surface area contributed by atoms with Crippen molar-refractivity contribution in [2.75, 3.05) is 0 Å². The molecule has 0 rings (SSSR count). The SMILES string of the molecule is [SiH3]NOON[SiH3]. The molecule has 0 radical (unpaired) electrons. The Morgan fingerprint density at radius 3 is 1.50 bits per heavy atom. The van der Waals surface area contributed by atoms with Crippen molar-refractivity contribution in [2.45, 2.75) is 0 Å². The Morgan fingerprint density at radius 2 is 1.33 bits per heavy atom. The summed E-state index contributed by atoms with van der Waals surface area (Å²) in [6, 6.07) is 0. The van der Waals surface area contributed by atoms with Gasteiger partial charge in [-0.15, -0.1) is 9.98 Å². The molecule has 0 aromatic carbocycles. The third-order valence-electron chi connectivity index (χ3n) is 0.208. The van der Waals surface area contributed by atoms with Crippen LogP contribution in [-0.2, 0) is 9.98 Å². The number of nitrogens with one attached hydrogen (secondary N) is 2. The van der Waals surface area contributed by atoms with Gasteiger partial charge in [-0.05, 0) is 0 Å². The van der Waals surface area contributed by atoms with Gasteiger partial charge in [0.15, 0.2) is 0 Å². The van der Waals surface area contributed by atoms with Crippen LogP contribution in [0.1, 0.15) is 0 Å². The summed E-state index contributed by atoms with van der Waals surface area (Å²) in [6.45, 7) is 0. The monoisotopic (exact) mass is 124 g/mol. The second-order valence-corrected chi connectivity index (χ2v) is 1.39. The fraction of sp³-hybridized carbons (Fsp3) is 0. The van der Waals surface area contributed by atoms with E-state index in [-0.39, 0.29) is 0 Å². The van der Waals surface area contributed by atoms with Crippen molar-refractivity contribution >= 4 is 20.8 Å². The first-order valence-corrected chi connectivity index (χ1v) is 3.57. The zero-order valence-corrected chi connectivity index (χ0v) is 7.82. The molecule has 0 aliphatic rings. The van der Waals surface area contributed by atoms with Gasteiger partial charge >= 0.3 is 0 Å². The lowest BCUT2D eigenvalue weighted by molar-refractivity contribution is -0.340. The van der Waals surface area contributed by atoms with E-state index in [9.17, 15) is 0 Å². The minimum absolute atomic E-state index is 0.781. The van der Waals surface area contributed by atoms with E-state index >= 15 is 0 Å². The number of rotatable bonds is 3. The second kappa shape index (κ2) is 5.27. The summed E-state index contributed by atoms with van der Waals surface area (Å²) in [7, 11) is 1.56. The molecule has 0 atom stereocenters. The van der Waals surface area contributed by atoms with Crippen LogP contribution in [0.3, 0.4) is 0 Å². The zero-order valence-electron chi connectivity index (χ0n) is 3.82. The zero-order chi connectivity index (χ0) is 4.83. The van der Waals surface area contributed by atoms with Crippen molar-refractivity contribution < 1.29 is 9.98 Å². The summed E-state index contributed by atoms with van der Waals surface area (Å²) < 4.78 is 0. The van der Waals surface area contributed by atoms with Crippen LogP contribution in [0, 0.1) is 0 Å². The molecule has 0 spiro atoms. The van der Waals surface area contributed by atoms with Crippen molar-refractivity contribution in [1.82, 2.24) is 10.3 Å². The number of hydrogen-bond acceptors (Lipinski definition) is 4. The van der Waals surface area contributed by atoms with Gasteiger partial charge in [0, 0.05) is 0 Å². The topological polar surface area (TPSA) is 42.5 Å². The summed E-state index contributed by atoms with van der Waals surface area (Å²) in [6.07, 6.45) is 0. The van der Waals surface area contributed by atoms with E-state index in [1.165, 1.54) is 0 Å². The van der Waals surface area contributed by atoms with Crippen LogP contribution in [0.4, 0.5) is 0 Å². The molecule has 0 aliphatic heterocycles. The highest BCUT2D eigenvalue weighted by Gasteiger charge is 1.68. The highest BCUT2D eigenvalue weighted by atomic mass is 28.2. The Morgan fingerprint density at radius 1 is 1.00 bits per heavy atom. The molecule has 0 saturated carbocycles. The Hall–Kier alpha value is 0.274. The predicted molar refractivity (Wildman–Crippen MR) is 28.3 cm³/mol. The van der Waals surface area contributed by atoms with E-state index in [1.54, 1.807) is 0 Å². The van der Waals surface area contributed by atoms with Crippen LogP contribution >= 0.6 is 0 Å². The normalized spacial score (nSPS) is 10.0. The van der Waals surface area contributed by atoms with Crippen LogP contribution in [0.5, 0.6) is 0 Å². The van der Waals surface area contributed by atoms with Gasteiger partial charge in [0.25, 0.3) is 0 Å².